The highest BCUT2D eigenvalue weighted by Crippen LogP contribution is 2.23. The summed E-state index contributed by atoms with van der Waals surface area (Å²) in [5.41, 5.74) is 1.53. The molecular formula is C20H19FN2O4. The third-order valence-electron chi connectivity index (χ3n) is 4.19. The van der Waals surface area contributed by atoms with E-state index in [4.69, 9.17) is 4.74 Å². The quantitative estimate of drug-likeness (QED) is 0.794. The molecule has 1 aliphatic rings. The van der Waals surface area contributed by atoms with Crippen LogP contribution in [0.15, 0.2) is 48.5 Å². The van der Waals surface area contributed by atoms with Crippen LogP contribution in [0.1, 0.15) is 18.4 Å². The molecule has 0 aromatic heterocycles. The number of anilines is 2. The van der Waals surface area contributed by atoms with Gasteiger partial charge in [0.25, 0.3) is 5.91 Å². The molecule has 1 saturated heterocycles. The van der Waals surface area contributed by atoms with Crippen molar-refractivity contribution in [2.45, 2.75) is 19.3 Å². The lowest BCUT2D eigenvalue weighted by molar-refractivity contribution is -0.146. The molecule has 6 nitrogen and oxygen atoms in total. The number of esters is 1. The van der Waals surface area contributed by atoms with Crippen molar-refractivity contribution < 1.29 is 23.5 Å². The molecule has 1 aliphatic heterocycles. The Balaban J connectivity index is 1.47. The van der Waals surface area contributed by atoms with Crippen molar-refractivity contribution in [3.63, 3.8) is 0 Å². The molecule has 2 amide bonds. The first kappa shape index (κ1) is 18.6. The maximum absolute atomic E-state index is 13.5. The second-order valence-electron chi connectivity index (χ2n) is 6.17. The Morgan fingerprint density at radius 1 is 1.11 bits per heavy atom. The van der Waals surface area contributed by atoms with Gasteiger partial charge >= 0.3 is 5.97 Å². The fourth-order valence-corrected chi connectivity index (χ4v) is 2.84. The highest BCUT2D eigenvalue weighted by Gasteiger charge is 2.21. The van der Waals surface area contributed by atoms with Crippen molar-refractivity contribution >= 4 is 29.2 Å². The standard InChI is InChI=1S/C20H19FN2O4/c21-17-5-2-1-4-14(17)12-20(26)27-13-18(24)22-15-7-9-16(10-8-15)23-11-3-6-19(23)25/h1-2,4-5,7-10H,3,6,11-13H2,(H,22,24). The second kappa shape index (κ2) is 8.44. The van der Waals surface area contributed by atoms with Crippen molar-refractivity contribution in [1.82, 2.24) is 0 Å². The third kappa shape index (κ3) is 4.91. The van der Waals surface area contributed by atoms with E-state index in [9.17, 15) is 18.8 Å². The van der Waals surface area contributed by atoms with Crippen molar-refractivity contribution in [3.8, 4) is 0 Å². The Bertz CT molecular complexity index is 851. The van der Waals surface area contributed by atoms with Gasteiger partial charge in [-0.25, -0.2) is 4.39 Å². The van der Waals surface area contributed by atoms with Crippen LogP contribution >= 0.6 is 0 Å². The summed E-state index contributed by atoms with van der Waals surface area (Å²) in [4.78, 5) is 37.1. The molecule has 2 aromatic rings. The van der Waals surface area contributed by atoms with Crippen molar-refractivity contribution in [2.75, 3.05) is 23.4 Å². The zero-order valence-electron chi connectivity index (χ0n) is 14.6. The Morgan fingerprint density at radius 2 is 1.85 bits per heavy atom. The monoisotopic (exact) mass is 370 g/mol. The number of hydrogen-bond donors (Lipinski definition) is 1. The third-order valence-corrected chi connectivity index (χ3v) is 4.19. The van der Waals surface area contributed by atoms with Crippen LogP contribution in [-0.2, 0) is 25.5 Å². The number of ether oxygens (including phenoxy) is 1. The van der Waals surface area contributed by atoms with Crippen LogP contribution in [0.3, 0.4) is 0 Å². The maximum atomic E-state index is 13.5. The van der Waals surface area contributed by atoms with Crippen molar-refractivity contribution in [3.05, 3.63) is 59.9 Å². The van der Waals surface area contributed by atoms with E-state index in [2.05, 4.69) is 5.32 Å². The Hall–Kier alpha value is -3.22. The van der Waals surface area contributed by atoms with E-state index in [1.165, 1.54) is 18.2 Å². The van der Waals surface area contributed by atoms with Gasteiger partial charge in [-0.1, -0.05) is 18.2 Å². The van der Waals surface area contributed by atoms with Crippen LogP contribution in [0.25, 0.3) is 0 Å². The fourth-order valence-electron chi connectivity index (χ4n) is 2.84. The van der Waals surface area contributed by atoms with Crippen LogP contribution in [0.2, 0.25) is 0 Å². The lowest BCUT2D eigenvalue weighted by Gasteiger charge is -2.16. The van der Waals surface area contributed by atoms with Crippen LogP contribution < -0.4 is 10.2 Å². The fraction of sp³-hybridized carbons (Fsp3) is 0.250. The molecule has 0 spiro atoms. The predicted molar refractivity (Wildman–Crippen MR) is 97.7 cm³/mol. The first-order valence-electron chi connectivity index (χ1n) is 8.62. The average molecular weight is 370 g/mol. The molecule has 0 unspecified atom stereocenters. The van der Waals surface area contributed by atoms with Gasteiger partial charge in [0.05, 0.1) is 6.42 Å². The highest BCUT2D eigenvalue weighted by atomic mass is 19.1. The normalized spacial score (nSPS) is 13.5. The lowest BCUT2D eigenvalue weighted by atomic mass is 10.1. The largest absolute Gasteiger partial charge is 0.455 e. The molecule has 27 heavy (non-hydrogen) atoms. The molecule has 0 bridgehead atoms. The van der Waals surface area contributed by atoms with E-state index in [1.807, 2.05) is 0 Å². The van der Waals surface area contributed by atoms with Gasteiger partial charge in [-0.2, -0.15) is 0 Å². The summed E-state index contributed by atoms with van der Waals surface area (Å²) < 4.78 is 18.4. The Morgan fingerprint density at radius 3 is 2.52 bits per heavy atom. The molecule has 1 fully saturated rings. The molecule has 7 heteroatoms. The van der Waals surface area contributed by atoms with E-state index in [0.29, 0.717) is 18.7 Å². The van der Waals surface area contributed by atoms with Crippen LogP contribution in [0.5, 0.6) is 0 Å². The van der Waals surface area contributed by atoms with Gasteiger partial charge in [0.15, 0.2) is 6.61 Å². The second-order valence-corrected chi connectivity index (χ2v) is 6.17. The smallest absolute Gasteiger partial charge is 0.310 e. The molecule has 140 valence electrons. The number of benzene rings is 2. The number of halogens is 1. The van der Waals surface area contributed by atoms with Gasteiger partial charge in [0.1, 0.15) is 5.82 Å². The molecule has 2 aromatic carbocycles. The zero-order valence-corrected chi connectivity index (χ0v) is 14.6. The Kier molecular flexibility index (Phi) is 5.80. The molecule has 0 radical (unpaired) electrons. The lowest BCUT2D eigenvalue weighted by Crippen LogP contribution is -2.24. The zero-order chi connectivity index (χ0) is 19.2. The van der Waals surface area contributed by atoms with Gasteiger partial charge in [-0.3, -0.25) is 14.4 Å². The van der Waals surface area contributed by atoms with Crippen LogP contribution in [0.4, 0.5) is 15.8 Å². The molecule has 1 heterocycles. The summed E-state index contributed by atoms with van der Waals surface area (Å²) in [6.45, 7) is 0.238. The summed E-state index contributed by atoms with van der Waals surface area (Å²) in [6.07, 6.45) is 1.16. The number of amides is 2. The van der Waals surface area contributed by atoms with Crippen molar-refractivity contribution in [2.24, 2.45) is 0 Å². The number of carbonyl (C=O) groups is 3. The number of hydrogen-bond acceptors (Lipinski definition) is 4. The minimum absolute atomic E-state index is 0.0913. The van der Waals surface area contributed by atoms with Gasteiger partial charge in [-0.15, -0.1) is 0 Å². The molecule has 0 aliphatic carbocycles. The molecule has 0 saturated carbocycles. The van der Waals surface area contributed by atoms with Gasteiger partial charge < -0.3 is 15.0 Å². The topological polar surface area (TPSA) is 75.7 Å². The SMILES string of the molecule is O=C(COC(=O)Cc1ccccc1F)Nc1ccc(N2CCCC2=O)cc1. The first-order valence-corrected chi connectivity index (χ1v) is 8.62. The summed E-state index contributed by atoms with van der Waals surface area (Å²) in [5.74, 6) is -1.58. The summed E-state index contributed by atoms with van der Waals surface area (Å²) in [5, 5.41) is 2.61. The van der Waals surface area contributed by atoms with Gasteiger partial charge in [0, 0.05) is 24.3 Å². The van der Waals surface area contributed by atoms with E-state index in [1.54, 1.807) is 35.2 Å². The molecular weight excluding hydrogens is 351 g/mol. The average Bonchev–Trinajstić information content (AvgIpc) is 3.09. The number of nitrogens with one attached hydrogen (secondary N) is 1. The summed E-state index contributed by atoms with van der Waals surface area (Å²) in [6, 6.07) is 12.8. The minimum atomic E-state index is -0.682. The van der Waals surface area contributed by atoms with E-state index < -0.39 is 24.3 Å². The van der Waals surface area contributed by atoms with Crippen LogP contribution in [0, 0.1) is 5.82 Å². The van der Waals surface area contributed by atoms with E-state index in [0.717, 1.165) is 12.1 Å². The van der Waals surface area contributed by atoms with Crippen LogP contribution in [-0.4, -0.2) is 30.9 Å². The Labute approximate surface area is 155 Å². The van der Waals surface area contributed by atoms with Crippen molar-refractivity contribution in [1.29, 1.82) is 0 Å². The number of rotatable bonds is 6. The molecule has 1 N–H and O–H groups in total. The summed E-state index contributed by atoms with van der Waals surface area (Å²) in [7, 11) is 0. The van der Waals surface area contributed by atoms with E-state index >= 15 is 0 Å². The predicted octanol–water partition coefficient (Wildman–Crippen LogP) is 2.68. The maximum Gasteiger partial charge on any atom is 0.310 e. The minimum Gasteiger partial charge on any atom is -0.455 e. The molecule has 0 atom stereocenters. The molecule has 3 rings (SSSR count). The van der Waals surface area contributed by atoms with Gasteiger partial charge in [0.2, 0.25) is 5.91 Å². The number of carbonyl (C=O) groups excluding carboxylic acids is 3. The summed E-state index contributed by atoms with van der Waals surface area (Å²) >= 11 is 0. The highest BCUT2D eigenvalue weighted by molar-refractivity contribution is 5.96. The number of nitrogens with zero attached hydrogens (tertiary/aromatic N) is 1. The van der Waals surface area contributed by atoms with Gasteiger partial charge in [-0.05, 0) is 42.3 Å². The first-order chi connectivity index (χ1) is 13.0. The van der Waals surface area contributed by atoms with E-state index in [-0.39, 0.29) is 17.9 Å².